The number of hydrogen-bond acceptors (Lipinski definition) is 9. The van der Waals surface area contributed by atoms with Crippen molar-refractivity contribution in [1.29, 1.82) is 0 Å². The maximum atomic E-state index is 15.2. The van der Waals surface area contributed by atoms with Gasteiger partial charge in [-0.05, 0) is 133 Å². The number of rotatable bonds is 16. The highest BCUT2D eigenvalue weighted by Gasteiger charge is 2.35. The molecule has 1 heterocycles. The highest BCUT2D eigenvalue weighted by Crippen LogP contribution is 2.45. The van der Waals surface area contributed by atoms with Gasteiger partial charge < -0.3 is 24.8 Å². The first-order chi connectivity index (χ1) is 36.0. The molecule has 0 aliphatic carbocycles. The molecule has 442 valence electrons. The van der Waals surface area contributed by atoms with Crippen molar-refractivity contribution in [1.82, 2.24) is 13.7 Å². The van der Waals surface area contributed by atoms with E-state index in [1.807, 2.05) is 161 Å². The Labute approximate surface area is 479 Å². The van der Waals surface area contributed by atoms with Crippen molar-refractivity contribution < 1.29 is 29.6 Å². The average molecular weight is 1100 g/mol. The molecule has 0 saturated heterocycles. The maximum absolute atomic E-state index is 15.2. The SMILES string of the molecule is C=C(/C=C(\C(O)=C(/C)C(C)(C)C)C(C)(C)C)Cn1c(=O)n(Cc2cc(C(C)(C)C)c(O)c(C(C)(C)C)c2)c(=O)n(Cc2cc(C(C)(C)C)c(OCC(C)(C)c3cc(CCC(=O)OCC)cc(C(C)(C)C)c3O)c(C(C)(C)C)c2)c1=O. The number of nitrogens with zero attached hydrogens (tertiary/aromatic N) is 3. The van der Waals surface area contributed by atoms with E-state index in [4.69, 9.17) is 9.47 Å². The first-order valence-electron chi connectivity index (χ1n) is 28.5. The number of aromatic nitrogens is 3. The topological polar surface area (TPSA) is 162 Å². The fraction of sp³-hybridized carbons (Fsp3) is 0.588. The van der Waals surface area contributed by atoms with Crippen molar-refractivity contribution in [3.63, 3.8) is 0 Å². The summed E-state index contributed by atoms with van der Waals surface area (Å²) in [6.07, 6.45) is 2.38. The quantitative estimate of drug-likeness (QED) is 0.0563. The number of phenols is 2. The molecule has 4 aromatic rings. The van der Waals surface area contributed by atoms with E-state index in [0.717, 1.165) is 41.5 Å². The molecule has 0 bridgehead atoms. The average Bonchev–Trinajstić information content (AvgIpc) is 3.28. The predicted molar refractivity (Wildman–Crippen MR) is 329 cm³/mol. The van der Waals surface area contributed by atoms with Gasteiger partial charge in [0.15, 0.2) is 0 Å². The van der Waals surface area contributed by atoms with Gasteiger partial charge in [-0.3, -0.25) is 4.79 Å². The Balaban J connectivity index is 2.05. The monoisotopic (exact) mass is 1100 g/mol. The number of esters is 1. The summed E-state index contributed by atoms with van der Waals surface area (Å²) in [5.41, 5.74) is 1.77. The normalized spacial score (nSPS) is 13.8. The zero-order valence-electron chi connectivity index (χ0n) is 53.8. The van der Waals surface area contributed by atoms with Crippen molar-refractivity contribution in [3.8, 4) is 17.2 Å². The van der Waals surface area contributed by atoms with Crippen LogP contribution in [0.25, 0.3) is 0 Å². The minimum absolute atomic E-state index is 0.114. The molecule has 0 radical (unpaired) electrons. The Kier molecular flexibility index (Phi) is 19.5. The highest BCUT2D eigenvalue weighted by molar-refractivity contribution is 5.69. The number of aryl methyl sites for hydroxylation is 1. The van der Waals surface area contributed by atoms with E-state index >= 15 is 9.59 Å². The summed E-state index contributed by atoms with van der Waals surface area (Å²) in [7, 11) is 0. The summed E-state index contributed by atoms with van der Waals surface area (Å²) < 4.78 is 15.6. The van der Waals surface area contributed by atoms with Crippen molar-refractivity contribution in [2.75, 3.05) is 13.2 Å². The lowest BCUT2D eigenvalue weighted by Gasteiger charge is -2.34. The molecule has 1 aromatic heterocycles. The van der Waals surface area contributed by atoms with Crippen LogP contribution in [0.3, 0.4) is 0 Å². The third-order valence-corrected chi connectivity index (χ3v) is 15.1. The molecular weight excluding hydrogens is 1000 g/mol. The molecule has 0 spiro atoms. The van der Waals surface area contributed by atoms with E-state index in [2.05, 4.69) is 48.1 Å². The zero-order chi connectivity index (χ0) is 61.6. The van der Waals surface area contributed by atoms with E-state index in [1.54, 1.807) is 13.0 Å². The van der Waals surface area contributed by atoms with Gasteiger partial charge in [0, 0.05) is 28.5 Å². The lowest BCUT2D eigenvalue weighted by atomic mass is 9.77. The van der Waals surface area contributed by atoms with Gasteiger partial charge in [-0.25, -0.2) is 28.1 Å². The molecule has 3 N–H and O–H groups in total. The lowest BCUT2D eigenvalue weighted by molar-refractivity contribution is -0.143. The predicted octanol–water partition coefficient (Wildman–Crippen LogP) is 14.4. The summed E-state index contributed by atoms with van der Waals surface area (Å²) in [4.78, 5) is 57.8. The first kappa shape index (κ1) is 66.5. The van der Waals surface area contributed by atoms with E-state index in [1.165, 1.54) is 0 Å². The molecular formula is C68H101N3O9. The molecule has 12 nitrogen and oxygen atoms in total. The van der Waals surface area contributed by atoms with Gasteiger partial charge in [0.05, 0.1) is 32.8 Å². The second-order valence-corrected chi connectivity index (χ2v) is 30.1. The Bertz CT molecular complexity index is 3160. The van der Waals surface area contributed by atoms with Crippen molar-refractivity contribution in [2.45, 2.75) is 238 Å². The number of carbonyl (C=O) groups is 1. The molecule has 12 heteroatoms. The van der Waals surface area contributed by atoms with Crippen LogP contribution < -0.4 is 21.8 Å². The Hall–Kier alpha value is -6.04. The van der Waals surface area contributed by atoms with Crippen LogP contribution in [0.15, 0.2) is 85.9 Å². The standard InChI is InChI=1S/C68H101N3O9/c1-27-79-53(72)29-28-43-31-47(63(10,11)12)56(75)50(32-43)68(25,26)40-80-57-51(66(19,20)21)35-45(36-52(57)67(22,23)24)39-71-59(77)69(37-41(2)30-46(62(7,8)9)54(73)42(3)61(4,5)6)58(76)70(60(71)78)38-44-33-48(64(13,14)15)55(74)49(34-44)65(16,17)18/h30-36,73-75H,2,27-29,37-40H2,1,3-26H3/b46-30+,54-42-. The molecule has 4 rings (SSSR count). The van der Waals surface area contributed by atoms with Gasteiger partial charge in [-0.15, -0.1) is 0 Å². The number of benzene rings is 3. The van der Waals surface area contributed by atoms with Crippen LogP contribution in [0.5, 0.6) is 17.2 Å². The largest absolute Gasteiger partial charge is 0.508 e. The number of aliphatic hydroxyl groups is 1. The molecule has 0 atom stereocenters. The summed E-state index contributed by atoms with van der Waals surface area (Å²) >= 11 is 0. The minimum Gasteiger partial charge on any atom is -0.508 e. The maximum Gasteiger partial charge on any atom is 0.336 e. The number of allylic oxidation sites excluding steroid dienone is 4. The number of carbonyl (C=O) groups excluding carboxylic acids is 1. The van der Waals surface area contributed by atoms with Crippen molar-refractivity contribution in [2.24, 2.45) is 10.8 Å². The smallest absolute Gasteiger partial charge is 0.336 e. The van der Waals surface area contributed by atoms with E-state index in [-0.39, 0.29) is 61.3 Å². The van der Waals surface area contributed by atoms with E-state index in [0.29, 0.717) is 57.7 Å². The summed E-state index contributed by atoms with van der Waals surface area (Å²) in [6.45, 7) is 54.5. The van der Waals surface area contributed by atoms with Gasteiger partial charge in [-0.2, -0.15) is 0 Å². The molecule has 0 aliphatic rings. The number of aromatic hydroxyl groups is 2. The summed E-state index contributed by atoms with van der Waals surface area (Å²) in [6, 6.07) is 11.6. The Morgan fingerprint density at radius 2 is 0.912 bits per heavy atom. The van der Waals surface area contributed by atoms with Gasteiger partial charge >= 0.3 is 23.0 Å². The van der Waals surface area contributed by atoms with Crippen LogP contribution in [0.4, 0.5) is 0 Å². The highest BCUT2D eigenvalue weighted by atomic mass is 16.5. The lowest BCUT2D eigenvalue weighted by Crippen LogP contribution is -2.55. The molecule has 0 unspecified atom stereocenters. The fourth-order valence-electron chi connectivity index (χ4n) is 9.82. The third-order valence-electron chi connectivity index (χ3n) is 15.1. The molecule has 3 aromatic carbocycles. The summed E-state index contributed by atoms with van der Waals surface area (Å²) in [5, 5.41) is 35.4. The van der Waals surface area contributed by atoms with Gasteiger partial charge in [0.25, 0.3) is 0 Å². The summed E-state index contributed by atoms with van der Waals surface area (Å²) in [5.74, 6) is 0.822. The van der Waals surface area contributed by atoms with Crippen LogP contribution in [0.1, 0.15) is 230 Å². The number of phenolic OH excluding ortho intramolecular Hbond substituents is 2. The van der Waals surface area contributed by atoms with Gasteiger partial charge in [-0.1, -0.05) is 184 Å². The molecule has 0 aliphatic heterocycles. The zero-order valence-corrected chi connectivity index (χ0v) is 53.8. The first-order valence-corrected chi connectivity index (χ1v) is 28.5. The van der Waals surface area contributed by atoms with Crippen molar-refractivity contribution in [3.05, 3.63) is 153 Å². The molecule has 0 amide bonds. The number of aliphatic hydroxyl groups excluding tert-OH is 1. The Morgan fingerprint density at radius 3 is 1.29 bits per heavy atom. The molecule has 0 fully saturated rings. The molecule has 80 heavy (non-hydrogen) atoms. The van der Waals surface area contributed by atoms with E-state index < -0.39 is 55.0 Å². The van der Waals surface area contributed by atoms with Crippen LogP contribution >= 0.6 is 0 Å². The number of ether oxygens (including phenoxy) is 2. The van der Waals surface area contributed by atoms with E-state index in [9.17, 15) is 24.9 Å². The van der Waals surface area contributed by atoms with Crippen LogP contribution in [-0.2, 0) is 68.1 Å². The second kappa shape index (κ2) is 23.4. The van der Waals surface area contributed by atoms with Gasteiger partial charge in [0.2, 0.25) is 0 Å². The van der Waals surface area contributed by atoms with Crippen LogP contribution in [-0.4, -0.2) is 48.2 Å². The van der Waals surface area contributed by atoms with Crippen LogP contribution in [0, 0.1) is 10.8 Å². The number of hydrogen-bond donors (Lipinski definition) is 3. The minimum atomic E-state index is -0.821. The Morgan fingerprint density at radius 1 is 0.550 bits per heavy atom. The third kappa shape index (κ3) is 15.7. The van der Waals surface area contributed by atoms with Crippen LogP contribution in [0.2, 0.25) is 0 Å². The fourth-order valence-corrected chi connectivity index (χ4v) is 9.82. The van der Waals surface area contributed by atoms with Gasteiger partial charge in [0.1, 0.15) is 23.0 Å². The second-order valence-electron chi connectivity index (χ2n) is 30.1. The van der Waals surface area contributed by atoms with Crippen molar-refractivity contribution >= 4 is 5.97 Å². The molecule has 0 saturated carbocycles.